The van der Waals surface area contributed by atoms with E-state index in [2.05, 4.69) is 15.1 Å². The van der Waals surface area contributed by atoms with Crippen LogP contribution in [0.5, 0.6) is 0 Å². The first kappa shape index (κ1) is 13.5. The highest BCUT2D eigenvalue weighted by atomic mass is 16.5. The molecule has 0 aliphatic heterocycles. The Morgan fingerprint density at radius 2 is 1.86 bits per heavy atom. The van der Waals surface area contributed by atoms with E-state index < -0.39 is 0 Å². The summed E-state index contributed by atoms with van der Waals surface area (Å²) in [6.45, 7) is 2.34. The molecule has 106 valence electrons. The number of nitrogens with zero attached hydrogens (tertiary/aromatic N) is 3. The lowest BCUT2D eigenvalue weighted by Crippen LogP contribution is -2.14. The largest absolute Gasteiger partial charge is 0.338 e. The van der Waals surface area contributed by atoms with Gasteiger partial charge >= 0.3 is 0 Å². The molecule has 1 unspecified atom stereocenters. The second-order valence-corrected chi connectivity index (χ2v) is 4.82. The minimum atomic E-state index is -0.0998. The van der Waals surface area contributed by atoms with Gasteiger partial charge in [-0.25, -0.2) is 4.98 Å². The maximum atomic E-state index is 5.87. The Hall–Kier alpha value is -2.53. The average Bonchev–Trinajstić information content (AvgIpc) is 2.99. The average molecular weight is 280 g/mol. The number of nitrogens with two attached hydrogens (primary N) is 1. The molecule has 2 N–H and O–H groups in total. The van der Waals surface area contributed by atoms with Gasteiger partial charge in [-0.1, -0.05) is 41.6 Å². The molecule has 2 aromatic heterocycles. The molecule has 2 heterocycles. The van der Waals surface area contributed by atoms with Gasteiger partial charge in [-0.15, -0.1) is 0 Å². The fourth-order valence-corrected chi connectivity index (χ4v) is 2.21. The molecule has 0 fully saturated rings. The highest BCUT2D eigenvalue weighted by Gasteiger charge is 2.20. The zero-order chi connectivity index (χ0) is 14.7. The Kier molecular flexibility index (Phi) is 3.75. The number of aromatic nitrogens is 3. The molecule has 5 nitrogen and oxygen atoms in total. The Morgan fingerprint density at radius 3 is 2.57 bits per heavy atom. The minimum absolute atomic E-state index is 0.0998. The summed E-state index contributed by atoms with van der Waals surface area (Å²) in [4.78, 5) is 8.85. The molecular weight excluding hydrogens is 264 g/mol. The highest BCUT2D eigenvalue weighted by molar-refractivity contribution is 5.48. The molecule has 1 atom stereocenters. The monoisotopic (exact) mass is 280 g/mol. The van der Waals surface area contributed by atoms with Crippen LogP contribution in [0.3, 0.4) is 0 Å². The summed E-state index contributed by atoms with van der Waals surface area (Å²) in [7, 11) is 0. The smallest absolute Gasteiger partial charge is 0.235 e. The van der Waals surface area contributed by atoms with Crippen LogP contribution in [-0.2, 0) is 0 Å². The van der Waals surface area contributed by atoms with Crippen LogP contribution in [0.2, 0.25) is 0 Å². The predicted octanol–water partition coefficient (Wildman–Crippen LogP) is 2.53. The molecule has 3 aromatic rings. The van der Waals surface area contributed by atoms with Gasteiger partial charge in [0.15, 0.2) is 0 Å². The fraction of sp³-hybridized carbons (Fsp3) is 0.188. The van der Waals surface area contributed by atoms with E-state index in [1.165, 1.54) is 0 Å². The van der Waals surface area contributed by atoms with E-state index >= 15 is 0 Å². The number of hydrogen-bond donors (Lipinski definition) is 1. The van der Waals surface area contributed by atoms with Crippen LogP contribution in [0, 0.1) is 6.92 Å². The number of rotatable bonds is 4. The van der Waals surface area contributed by atoms with Crippen molar-refractivity contribution in [3.8, 4) is 11.5 Å². The number of benzene rings is 1. The molecule has 0 radical (unpaired) electrons. The molecule has 5 heteroatoms. The van der Waals surface area contributed by atoms with Crippen LogP contribution in [0.15, 0.2) is 53.1 Å². The molecule has 0 saturated heterocycles. The topological polar surface area (TPSA) is 77.8 Å². The van der Waals surface area contributed by atoms with Gasteiger partial charge in [0.1, 0.15) is 5.69 Å². The van der Waals surface area contributed by atoms with Crippen molar-refractivity contribution in [2.75, 3.05) is 6.54 Å². The second-order valence-electron chi connectivity index (χ2n) is 4.82. The maximum Gasteiger partial charge on any atom is 0.235 e. The summed E-state index contributed by atoms with van der Waals surface area (Å²) in [5, 5.41) is 4.02. The van der Waals surface area contributed by atoms with Crippen LogP contribution in [0.25, 0.3) is 11.5 Å². The Balaban J connectivity index is 1.94. The fourth-order valence-electron chi connectivity index (χ4n) is 2.21. The van der Waals surface area contributed by atoms with Crippen molar-refractivity contribution in [2.24, 2.45) is 5.73 Å². The molecular formula is C16H16N4O. The third-order valence-corrected chi connectivity index (χ3v) is 3.29. The molecule has 0 spiro atoms. The first-order valence-corrected chi connectivity index (χ1v) is 6.80. The molecule has 0 aliphatic carbocycles. The van der Waals surface area contributed by atoms with E-state index in [4.69, 9.17) is 10.3 Å². The zero-order valence-electron chi connectivity index (χ0n) is 11.7. The summed E-state index contributed by atoms with van der Waals surface area (Å²) in [5.74, 6) is 0.905. The van der Waals surface area contributed by atoms with E-state index in [-0.39, 0.29) is 5.92 Å². The molecule has 1 aromatic carbocycles. The van der Waals surface area contributed by atoms with Gasteiger partial charge in [0.2, 0.25) is 11.7 Å². The summed E-state index contributed by atoms with van der Waals surface area (Å²) in [6.07, 6.45) is 0. The van der Waals surface area contributed by atoms with E-state index in [1.807, 2.05) is 55.5 Å². The molecule has 0 aliphatic rings. The van der Waals surface area contributed by atoms with Gasteiger partial charge in [0, 0.05) is 12.2 Å². The Morgan fingerprint density at radius 1 is 1.05 bits per heavy atom. The number of hydrogen-bond acceptors (Lipinski definition) is 5. The number of aryl methyl sites for hydroxylation is 1. The van der Waals surface area contributed by atoms with E-state index in [1.54, 1.807) is 0 Å². The van der Waals surface area contributed by atoms with E-state index in [0.29, 0.717) is 24.0 Å². The van der Waals surface area contributed by atoms with E-state index in [9.17, 15) is 0 Å². The predicted molar refractivity (Wildman–Crippen MR) is 79.6 cm³/mol. The van der Waals surface area contributed by atoms with E-state index in [0.717, 1.165) is 11.3 Å². The minimum Gasteiger partial charge on any atom is -0.338 e. The lowest BCUT2D eigenvalue weighted by atomic mass is 9.99. The van der Waals surface area contributed by atoms with Gasteiger partial charge in [0.25, 0.3) is 0 Å². The molecule has 21 heavy (non-hydrogen) atoms. The van der Waals surface area contributed by atoms with Crippen LogP contribution in [-0.4, -0.2) is 21.7 Å². The van der Waals surface area contributed by atoms with Crippen molar-refractivity contribution < 1.29 is 4.52 Å². The van der Waals surface area contributed by atoms with Crippen molar-refractivity contribution in [1.82, 2.24) is 15.1 Å². The van der Waals surface area contributed by atoms with Crippen LogP contribution in [0.4, 0.5) is 0 Å². The Bertz CT molecular complexity index is 724. The van der Waals surface area contributed by atoms with Crippen molar-refractivity contribution in [3.05, 3.63) is 65.7 Å². The third kappa shape index (κ3) is 2.83. The molecule has 3 rings (SSSR count). The Labute approximate surface area is 122 Å². The SMILES string of the molecule is Cc1cccc(-c2noc(C(CN)c3ccccc3)n2)n1. The first-order chi connectivity index (χ1) is 10.3. The van der Waals surface area contributed by atoms with Gasteiger partial charge in [-0.3, -0.25) is 0 Å². The summed E-state index contributed by atoms with van der Waals surface area (Å²) < 4.78 is 5.39. The molecule has 0 bridgehead atoms. The van der Waals surface area contributed by atoms with Crippen molar-refractivity contribution in [3.63, 3.8) is 0 Å². The zero-order valence-corrected chi connectivity index (χ0v) is 11.7. The molecule has 0 amide bonds. The van der Waals surface area contributed by atoms with Gasteiger partial charge in [-0.05, 0) is 24.6 Å². The van der Waals surface area contributed by atoms with Gasteiger partial charge in [-0.2, -0.15) is 4.98 Å². The third-order valence-electron chi connectivity index (χ3n) is 3.29. The quantitative estimate of drug-likeness (QED) is 0.794. The van der Waals surface area contributed by atoms with Crippen LogP contribution < -0.4 is 5.73 Å². The normalized spacial score (nSPS) is 12.3. The van der Waals surface area contributed by atoms with Gasteiger partial charge < -0.3 is 10.3 Å². The van der Waals surface area contributed by atoms with Crippen LogP contribution >= 0.6 is 0 Å². The summed E-state index contributed by atoms with van der Waals surface area (Å²) in [5.41, 5.74) is 8.54. The van der Waals surface area contributed by atoms with Crippen molar-refractivity contribution >= 4 is 0 Å². The van der Waals surface area contributed by atoms with Crippen molar-refractivity contribution in [1.29, 1.82) is 0 Å². The lowest BCUT2D eigenvalue weighted by Gasteiger charge is -2.09. The molecule has 0 saturated carbocycles. The van der Waals surface area contributed by atoms with Gasteiger partial charge in [0.05, 0.1) is 5.92 Å². The summed E-state index contributed by atoms with van der Waals surface area (Å²) in [6, 6.07) is 15.6. The van der Waals surface area contributed by atoms with Crippen LogP contribution in [0.1, 0.15) is 23.1 Å². The first-order valence-electron chi connectivity index (χ1n) is 6.80. The lowest BCUT2D eigenvalue weighted by molar-refractivity contribution is 0.367. The van der Waals surface area contributed by atoms with Crippen molar-refractivity contribution in [2.45, 2.75) is 12.8 Å². The highest BCUT2D eigenvalue weighted by Crippen LogP contribution is 2.24. The maximum absolute atomic E-state index is 5.87. The summed E-state index contributed by atoms with van der Waals surface area (Å²) >= 11 is 0. The standard InChI is InChI=1S/C16H16N4O/c1-11-6-5-9-14(18-11)15-19-16(21-20-15)13(10-17)12-7-3-2-4-8-12/h2-9,13H,10,17H2,1H3. The second kappa shape index (κ2) is 5.85. The number of pyridine rings is 1.